The van der Waals surface area contributed by atoms with Gasteiger partial charge in [0.2, 0.25) is 5.91 Å². The van der Waals surface area contributed by atoms with Gasteiger partial charge in [-0.15, -0.1) is 0 Å². The molecular weight excluding hydrogens is 290 g/mol. The van der Waals surface area contributed by atoms with Gasteiger partial charge >= 0.3 is 0 Å². The first-order valence-corrected chi connectivity index (χ1v) is 6.97. The Morgan fingerprint density at radius 3 is 2.57 bits per heavy atom. The van der Waals surface area contributed by atoms with Crippen molar-refractivity contribution < 1.29 is 4.79 Å². The Kier molecular flexibility index (Phi) is 5.16. The largest absolute Gasteiger partial charge is 0.310 e. The normalized spacial score (nSPS) is 13.1. The molecule has 110 valence electrons. The molecule has 0 bridgehead atoms. The standard InChI is InChI=1S/C9H10ClN3O.C5H6N2/c1-5-11-7(10)4-8(12-5)13-9(14)6-2-3-6;1-5-2-3-6-4-7-5/h4,6H,2-3H2,1H3,(H,11,12,13,14);2-4H,1H3. The van der Waals surface area contributed by atoms with E-state index in [0.29, 0.717) is 16.8 Å². The van der Waals surface area contributed by atoms with Gasteiger partial charge in [-0.25, -0.2) is 19.9 Å². The zero-order valence-electron chi connectivity index (χ0n) is 11.9. The summed E-state index contributed by atoms with van der Waals surface area (Å²) >= 11 is 5.73. The zero-order valence-corrected chi connectivity index (χ0v) is 12.6. The van der Waals surface area contributed by atoms with Crippen molar-refractivity contribution in [3.63, 3.8) is 0 Å². The topological polar surface area (TPSA) is 80.7 Å². The minimum absolute atomic E-state index is 0.0270. The Morgan fingerprint density at radius 1 is 1.33 bits per heavy atom. The summed E-state index contributed by atoms with van der Waals surface area (Å²) in [6.45, 7) is 3.67. The lowest BCUT2D eigenvalue weighted by molar-refractivity contribution is -0.117. The number of aromatic nitrogens is 4. The first-order chi connectivity index (χ1) is 10.0. The van der Waals surface area contributed by atoms with Crippen LogP contribution in [0, 0.1) is 19.8 Å². The molecule has 1 amide bonds. The summed E-state index contributed by atoms with van der Waals surface area (Å²) in [5.41, 5.74) is 1.01. The molecule has 2 aromatic heterocycles. The summed E-state index contributed by atoms with van der Waals surface area (Å²) < 4.78 is 0. The van der Waals surface area contributed by atoms with Crippen molar-refractivity contribution in [3.05, 3.63) is 41.3 Å². The molecule has 1 saturated carbocycles. The molecule has 0 aromatic carbocycles. The second-order valence-corrected chi connectivity index (χ2v) is 5.12. The van der Waals surface area contributed by atoms with Crippen LogP contribution in [0.4, 0.5) is 5.82 Å². The molecular formula is C14H16ClN5O. The molecule has 1 fully saturated rings. The molecule has 21 heavy (non-hydrogen) atoms. The molecule has 2 heterocycles. The number of amides is 1. The SMILES string of the molecule is Cc1ccncn1.Cc1nc(Cl)cc(NC(=O)C2CC2)n1. The van der Waals surface area contributed by atoms with Gasteiger partial charge in [0.25, 0.3) is 0 Å². The molecule has 0 aliphatic heterocycles. The third kappa shape index (κ3) is 5.43. The summed E-state index contributed by atoms with van der Waals surface area (Å²) in [7, 11) is 0. The molecule has 0 saturated heterocycles. The van der Waals surface area contributed by atoms with Crippen LogP contribution in [0.1, 0.15) is 24.4 Å². The fraction of sp³-hybridized carbons (Fsp3) is 0.357. The smallest absolute Gasteiger partial charge is 0.228 e. The van der Waals surface area contributed by atoms with Gasteiger partial charge in [0.15, 0.2) is 0 Å². The van der Waals surface area contributed by atoms with Gasteiger partial charge in [-0.1, -0.05) is 11.6 Å². The van der Waals surface area contributed by atoms with Crippen molar-refractivity contribution in [2.45, 2.75) is 26.7 Å². The van der Waals surface area contributed by atoms with Crippen LogP contribution in [0.5, 0.6) is 0 Å². The fourth-order valence-corrected chi connectivity index (χ4v) is 1.75. The predicted molar refractivity (Wildman–Crippen MR) is 79.9 cm³/mol. The Hall–Kier alpha value is -2.08. The van der Waals surface area contributed by atoms with E-state index < -0.39 is 0 Å². The van der Waals surface area contributed by atoms with Crippen LogP contribution >= 0.6 is 11.6 Å². The van der Waals surface area contributed by atoms with Gasteiger partial charge < -0.3 is 5.32 Å². The lowest BCUT2D eigenvalue weighted by Crippen LogP contribution is -2.14. The van der Waals surface area contributed by atoms with Crippen LogP contribution in [0.3, 0.4) is 0 Å². The van der Waals surface area contributed by atoms with E-state index >= 15 is 0 Å². The van der Waals surface area contributed by atoms with Gasteiger partial charge in [0.1, 0.15) is 23.1 Å². The summed E-state index contributed by atoms with van der Waals surface area (Å²) in [5, 5.41) is 3.06. The van der Waals surface area contributed by atoms with Crippen LogP contribution in [0.25, 0.3) is 0 Å². The highest BCUT2D eigenvalue weighted by atomic mass is 35.5. The molecule has 0 unspecified atom stereocenters. The van der Waals surface area contributed by atoms with Crippen LogP contribution in [0.15, 0.2) is 24.7 Å². The molecule has 0 radical (unpaired) electrons. The maximum absolute atomic E-state index is 11.4. The van der Waals surface area contributed by atoms with Crippen molar-refractivity contribution >= 4 is 23.3 Å². The Morgan fingerprint density at radius 2 is 2.10 bits per heavy atom. The Bertz CT molecular complexity index is 596. The number of aryl methyl sites for hydroxylation is 2. The number of rotatable bonds is 2. The highest BCUT2D eigenvalue weighted by Gasteiger charge is 2.29. The lowest BCUT2D eigenvalue weighted by atomic mass is 10.4. The van der Waals surface area contributed by atoms with E-state index in [1.165, 1.54) is 6.33 Å². The maximum atomic E-state index is 11.4. The minimum Gasteiger partial charge on any atom is -0.310 e. The Balaban J connectivity index is 0.000000194. The summed E-state index contributed by atoms with van der Waals surface area (Å²) in [4.78, 5) is 26.9. The lowest BCUT2D eigenvalue weighted by Gasteiger charge is -2.03. The van der Waals surface area contributed by atoms with Crippen molar-refractivity contribution in [1.29, 1.82) is 0 Å². The van der Waals surface area contributed by atoms with E-state index in [1.807, 2.05) is 13.0 Å². The van der Waals surface area contributed by atoms with Gasteiger partial charge in [-0.3, -0.25) is 4.79 Å². The number of nitrogens with zero attached hydrogens (tertiary/aromatic N) is 4. The third-order valence-electron chi connectivity index (χ3n) is 2.74. The minimum atomic E-state index is 0.0270. The predicted octanol–water partition coefficient (Wildman–Crippen LogP) is 2.57. The fourth-order valence-electron chi connectivity index (χ4n) is 1.53. The average Bonchev–Trinajstić information content (AvgIpc) is 3.23. The molecule has 7 heteroatoms. The van der Waals surface area contributed by atoms with Crippen LogP contribution in [0.2, 0.25) is 5.15 Å². The molecule has 0 spiro atoms. The van der Waals surface area contributed by atoms with Gasteiger partial charge in [-0.2, -0.15) is 0 Å². The first-order valence-electron chi connectivity index (χ1n) is 6.59. The van der Waals surface area contributed by atoms with E-state index in [1.54, 1.807) is 19.2 Å². The number of halogens is 1. The van der Waals surface area contributed by atoms with Crippen molar-refractivity contribution in [2.75, 3.05) is 5.32 Å². The first kappa shape index (κ1) is 15.3. The molecule has 2 aromatic rings. The summed E-state index contributed by atoms with van der Waals surface area (Å²) in [6, 6.07) is 3.41. The van der Waals surface area contributed by atoms with E-state index in [0.717, 1.165) is 18.5 Å². The molecule has 1 N–H and O–H groups in total. The molecule has 3 rings (SSSR count). The second kappa shape index (κ2) is 7.08. The average molecular weight is 306 g/mol. The third-order valence-corrected chi connectivity index (χ3v) is 2.93. The molecule has 6 nitrogen and oxygen atoms in total. The maximum Gasteiger partial charge on any atom is 0.228 e. The van der Waals surface area contributed by atoms with E-state index in [2.05, 4.69) is 25.3 Å². The van der Waals surface area contributed by atoms with Gasteiger partial charge in [-0.05, 0) is 32.8 Å². The van der Waals surface area contributed by atoms with E-state index in [-0.39, 0.29) is 11.8 Å². The molecule has 1 aliphatic carbocycles. The van der Waals surface area contributed by atoms with E-state index in [9.17, 15) is 4.79 Å². The summed E-state index contributed by atoms with van der Waals surface area (Å²) in [5.74, 6) is 1.24. The number of carbonyl (C=O) groups excluding carboxylic acids is 1. The number of nitrogens with one attached hydrogen (secondary N) is 1. The number of hydrogen-bond donors (Lipinski definition) is 1. The summed E-state index contributed by atoms with van der Waals surface area (Å²) in [6.07, 6.45) is 5.21. The number of carbonyl (C=O) groups is 1. The van der Waals surface area contributed by atoms with Crippen molar-refractivity contribution in [1.82, 2.24) is 19.9 Å². The van der Waals surface area contributed by atoms with Crippen molar-refractivity contribution in [3.8, 4) is 0 Å². The van der Waals surface area contributed by atoms with Gasteiger partial charge in [0.05, 0.1) is 0 Å². The van der Waals surface area contributed by atoms with Crippen LogP contribution in [-0.4, -0.2) is 25.8 Å². The quantitative estimate of drug-likeness (QED) is 0.862. The zero-order chi connectivity index (χ0) is 15.2. The molecule has 0 atom stereocenters. The number of hydrogen-bond acceptors (Lipinski definition) is 5. The molecule has 1 aliphatic rings. The van der Waals surface area contributed by atoms with Gasteiger partial charge in [0, 0.05) is 23.9 Å². The monoisotopic (exact) mass is 305 g/mol. The number of anilines is 1. The van der Waals surface area contributed by atoms with Crippen LogP contribution in [-0.2, 0) is 4.79 Å². The van der Waals surface area contributed by atoms with Crippen LogP contribution < -0.4 is 5.32 Å². The highest BCUT2D eigenvalue weighted by molar-refractivity contribution is 6.29. The van der Waals surface area contributed by atoms with E-state index in [4.69, 9.17) is 11.6 Å². The second-order valence-electron chi connectivity index (χ2n) is 4.74. The Labute approximate surface area is 128 Å². The highest BCUT2D eigenvalue weighted by Crippen LogP contribution is 2.30. The van der Waals surface area contributed by atoms with Crippen molar-refractivity contribution in [2.24, 2.45) is 5.92 Å².